The standard InChI is InChI=1S/C17H29FN4O/c1-17(2,23-5)13-21-16(19-3)20-10-7-11-22(4)15-9-6-8-14(18)12-15/h6,8-9,12H,7,10-11,13H2,1-5H3,(H2,19,20,21). The van der Waals surface area contributed by atoms with Crippen molar-refractivity contribution in [3.8, 4) is 0 Å². The third kappa shape index (κ3) is 7.32. The van der Waals surface area contributed by atoms with Gasteiger partial charge in [0, 0.05) is 46.5 Å². The van der Waals surface area contributed by atoms with Crippen molar-refractivity contribution >= 4 is 11.6 Å². The Morgan fingerprint density at radius 1 is 1.35 bits per heavy atom. The van der Waals surface area contributed by atoms with Crippen molar-refractivity contribution in [3.63, 3.8) is 0 Å². The lowest BCUT2D eigenvalue weighted by molar-refractivity contribution is 0.0268. The summed E-state index contributed by atoms with van der Waals surface area (Å²) in [6.45, 7) is 6.32. The van der Waals surface area contributed by atoms with Crippen molar-refractivity contribution in [1.82, 2.24) is 10.6 Å². The fraction of sp³-hybridized carbons (Fsp3) is 0.588. The Morgan fingerprint density at radius 2 is 2.09 bits per heavy atom. The predicted molar refractivity (Wildman–Crippen MR) is 94.7 cm³/mol. The number of hydrogen-bond acceptors (Lipinski definition) is 3. The molecule has 0 heterocycles. The summed E-state index contributed by atoms with van der Waals surface area (Å²) in [5.74, 6) is 0.543. The predicted octanol–water partition coefficient (Wildman–Crippen LogP) is 2.24. The average molecular weight is 324 g/mol. The van der Waals surface area contributed by atoms with Gasteiger partial charge >= 0.3 is 0 Å². The van der Waals surface area contributed by atoms with E-state index < -0.39 is 0 Å². The molecule has 0 bridgehead atoms. The number of guanidine groups is 1. The number of halogens is 1. The topological polar surface area (TPSA) is 48.9 Å². The van der Waals surface area contributed by atoms with Crippen LogP contribution in [0.5, 0.6) is 0 Å². The van der Waals surface area contributed by atoms with Gasteiger partial charge in [0.05, 0.1) is 5.60 Å². The Labute approximate surface area is 138 Å². The highest BCUT2D eigenvalue weighted by Gasteiger charge is 2.16. The molecule has 0 aromatic heterocycles. The minimum absolute atomic E-state index is 0.210. The van der Waals surface area contributed by atoms with Crippen LogP contribution in [0.1, 0.15) is 20.3 Å². The minimum Gasteiger partial charge on any atom is -0.377 e. The zero-order valence-corrected chi connectivity index (χ0v) is 14.8. The van der Waals surface area contributed by atoms with Crippen molar-refractivity contribution in [1.29, 1.82) is 0 Å². The van der Waals surface area contributed by atoms with Gasteiger partial charge in [-0.1, -0.05) is 6.07 Å². The van der Waals surface area contributed by atoms with E-state index in [4.69, 9.17) is 4.74 Å². The zero-order valence-electron chi connectivity index (χ0n) is 14.8. The lowest BCUT2D eigenvalue weighted by atomic mass is 10.1. The summed E-state index contributed by atoms with van der Waals surface area (Å²) < 4.78 is 18.6. The van der Waals surface area contributed by atoms with Gasteiger partial charge in [0.1, 0.15) is 5.82 Å². The molecule has 1 rings (SSSR count). The molecule has 0 saturated heterocycles. The van der Waals surface area contributed by atoms with E-state index in [0.717, 1.165) is 31.2 Å². The first-order valence-electron chi connectivity index (χ1n) is 7.84. The quantitative estimate of drug-likeness (QED) is 0.437. The number of anilines is 1. The Balaban J connectivity index is 2.30. The van der Waals surface area contributed by atoms with E-state index in [1.165, 1.54) is 6.07 Å². The largest absolute Gasteiger partial charge is 0.377 e. The first kappa shape index (κ1) is 19.2. The summed E-state index contributed by atoms with van der Waals surface area (Å²) in [5, 5.41) is 6.51. The summed E-state index contributed by atoms with van der Waals surface area (Å²) in [6, 6.07) is 6.63. The Kier molecular flexibility index (Phi) is 7.81. The van der Waals surface area contributed by atoms with Gasteiger partial charge in [-0.2, -0.15) is 0 Å². The SMILES string of the molecule is CN=C(NCCCN(C)c1cccc(F)c1)NCC(C)(C)OC. The maximum atomic E-state index is 13.2. The van der Waals surface area contributed by atoms with Gasteiger partial charge in [-0.05, 0) is 38.5 Å². The number of benzene rings is 1. The molecular weight excluding hydrogens is 295 g/mol. The van der Waals surface area contributed by atoms with Crippen LogP contribution in [-0.4, -0.2) is 52.4 Å². The molecule has 5 nitrogen and oxygen atoms in total. The molecular formula is C17H29FN4O. The molecule has 0 aliphatic carbocycles. The second-order valence-electron chi connectivity index (χ2n) is 6.07. The van der Waals surface area contributed by atoms with Gasteiger partial charge in [0.25, 0.3) is 0 Å². The van der Waals surface area contributed by atoms with Gasteiger partial charge in [0.2, 0.25) is 0 Å². The molecule has 6 heteroatoms. The van der Waals surface area contributed by atoms with Gasteiger partial charge < -0.3 is 20.3 Å². The maximum Gasteiger partial charge on any atom is 0.191 e. The Hall–Kier alpha value is -1.82. The molecule has 0 aliphatic heterocycles. The molecule has 0 amide bonds. The molecule has 0 radical (unpaired) electrons. The van der Waals surface area contributed by atoms with Gasteiger partial charge in [-0.15, -0.1) is 0 Å². The third-order valence-corrected chi connectivity index (χ3v) is 3.67. The van der Waals surface area contributed by atoms with Crippen LogP contribution >= 0.6 is 0 Å². The van der Waals surface area contributed by atoms with Gasteiger partial charge in [0.15, 0.2) is 5.96 Å². The second kappa shape index (κ2) is 9.35. The molecule has 0 saturated carbocycles. The highest BCUT2D eigenvalue weighted by atomic mass is 19.1. The maximum absolute atomic E-state index is 13.2. The average Bonchev–Trinajstić information content (AvgIpc) is 2.54. The van der Waals surface area contributed by atoms with Crippen LogP contribution in [-0.2, 0) is 4.74 Å². The van der Waals surface area contributed by atoms with Crippen molar-refractivity contribution in [3.05, 3.63) is 30.1 Å². The highest BCUT2D eigenvalue weighted by molar-refractivity contribution is 5.79. The molecule has 0 fully saturated rings. The summed E-state index contributed by atoms with van der Waals surface area (Å²) in [7, 11) is 5.40. The summed E-state index contributed by atoms with van der Waals surface area (Å²) in [5.41, 5.74) is 0.643. The van der Waals surface area contributed by atoms with E-state index in [1.807, 2.05) is 31.9 Å². The zero-order chi connectivity index (χ0) is 17.3. The molecule has 0 spiro atoms. The minimum atomic E-state index is -0.241. The number of aliphatic imine (C=N–C) groups is 1. The fourth-order valence-corrected chi connectivity index (χ4v) is 1.96. The number of hydrogen-bond donors (Lipinski definition) is 2. The number of methoxy groups -OCH3 is 1. The molecule has 0 aliphatic rings. The second-order valence-corrected chi connectivity index (χ2v) is 6.07. The van der Waals surface area contributed by atoms with Crippen molar-refractivity contribution < 1.29 is 9.13 Å². The number of rotatable bonds is 8. The van der Waals surface area contributed by atoms with Crippen molar-refractivity contribution in [2.45, 2.75) is 25.9 Å². The smallest absolute Gasteiger partial charge is 0.191 e. The number of nitrogens with one attached hydrogen (secondary N) is 2. The first-order chi connectivity index (χ1) is 10.9. The molecule has 1 aromatic carbocycles. The van der Waals surface area contributed by atoms with Crippen LogP contribution in [0.3, 0.4) is 0 Å². The summed E-state index contributed by atoms with van der Waals surface area (Å²) in [6.07, 6.45) is 0.918. The van der Waals surface area contributed by atoms with Crippen LogP contribution in [0.25, 0.3) is 0 Å². The van der Waals surface area contributed by atoms with E-state index in [2.05, 4.69) is 15.6 Å². The summed E-state index contributed by atoms with van der Waals surface area (Å²) in [4.78, 5) is 6.22. The molecule has 130 valence electrons. The molecule has 0 atom stereocenters. The molecule has 0 unspecified atom stereocenters. The van der Waals surface area contributed by atoms with E-state index >= 15 is 0 Å². The molecule has 2 N–H and O–H groups in total. The molecule has 1 aromatic rings. The normalized spacial score (nSPS) is 12.2. The van der Waals surface area contributed by atoms with Crippen LogP contribution in [0.4, 0.5) is 10.1 Å². The van der Waals surface area contributed by atoms with Crippen LogP contribution in [0.15, 0.2) is 29.3 Å². The number of ether oxygens (including phenoxy) is 1. The van der Waals surface area contributed by atoms with Crippen molar-refractivity contribution in [2.75, 3.05) is 45.7 Å². The van der Waals surface area contributed by atoms with E-state index in [0.29, 0.717) is 6.54 Å². The van der Waals surface area contributed by atoms with Crippen LogP contribution in [0, 0.1) is 5.82 Å². The molecule has 23 heavy (non-hydrogen) atoms. The lowest BCUT2D eigenvalue weighted by Crippen LogP contribution is -2.45. The van der Waals surface area contributed by atoms with E-state index in [-0.39, 0.29) is 11.4 Å². The summed E-state index contributed by atoms with van der Waals surface area (Å²) >= 11 is 0. The van der Waals surface area contributed by atoms with Crippen LogP contribution < -0.4 is 15.5 Å². The first-order valence-corrected chi connectivity index (χ1v) is 7.84. The fourth-order valence-electron chi connectivity index (χ4n) is 1.96. The van der Waals surface area contributed by atoms with E-state index in [9.17, 15) is 4.39 Å². The monoisotopic (exact) mass is 324 g/mol. The van der Waals surface area contributed by atoms with E-state index in [1.54, 1.807) is 26.3 Å². The third-order valence-electron chi connectivity index (χ3n) is 3.67. The Morgan fingerprint density at radius 3 is 2.70 bits per heavy atom. The number of nitrogens with zero attached hydrogens (tertiary/aromatic N) is 2. The lowest BCUT2D eigenvalue weighted by Gasteiger charge is -2.24. The Bertz CT molecular complexity index is 505. The van der Waals surface area contributed by atoms with Crippen LogP contribution in [0.2, 0.25) is 0 Å². The van der Waals surface area contributed by atoms with Gasteiger partial charge in [-0.3, -0.25) is 4.99 Å². The highest BCUT2D eigenvalue weighted by Crippen LogP contribution is 2.13. The van der Waals surface area contributed by atoms with Gasteiger partial charge in [-0.25, -0.2) is 4.39 Å². The van der Waals surface area contributed by atoms with Crippen molar-refractivity contribution in [2.24, 2.45) is 4.99 Å².